The molecule has 1 amide bonds. The second kappa shape index (κ2) is 7.83. The number of sulfonamides is 1. The number of nitrogens with zero attached hydrogens (tertiary/aromatic N) is 1. The van der Waals surface area contributed by atoms with Gasteiger partial charge in [-0.3, -0.25) is 9.59 Å². The molecule has 1 aliphatic rings. The van der Waals surface area contributed by atoms with E-state index in [4.69, 9.17) is 9.84 Å². The molecule has 1 fully saturated rings. The lowest BCUT2D eigenvalue weighted by molar-refractivity contribution is -0.137. The van der Waals surface area contributed by atoms with Gasteiger partial charge in [-0.1, -0.05) is 6.92 Å². The van der Waals surface area contributed by atoms with Gasteiger partial charge in [0.25, 0.3) is 5.91 Å². The van der Waals surface area contributed by atoms with E-state index < -0.39 is 28.4 Å². The van der Waals surface area contributed by atoms with Crippen molar-refractivity contribution >= 4 is 21.9 Å². The van der Waals surface area contributed by atoms with Crippen LogP contribution < -0.4 is 9.46 Å². The number of hydrogen-bond acceptors (Lipinski definition) is 5. The largest absolute Gasteiger partial charge is 0.495 e. The number of amides is 1. The zero-order valence-corrected chi connectivity index (χ0v) is 15.0. The zero-order valence-electron chi connectivity index (χ0n) is 14.2. The van der Waals surface area contributed by atoms with Crippen molar-refractivity contribution < 1.29 is 27.9 Å². The molecule has 1 aromatic carbocycles. The number of benzene rings is 1. The monoisotopic (exact) mass is 370 g/mol. The highest BCUT2D eigenvalue weighted by atomic mass is 32.2. The maximum atomic E-state index is 12.6. The Labute approximate surface area is 146 Å². The lowest BCUT2D eigenvalue weighted by Gasteiger charge is -2.20. The number of nitrogens with one attached hydrogen (secondary N) is 1. The predicted molar refractivity (Wildman–Crippen MR) is 90.2 cm³/mol. The first-order valence-electron chi connectivity index (χ1n) is 8.00. The highest BCUT2D eigenvalue weighted by Crippen LogP contribution is 2.28. The summed E-state index contributed by atoms with van der Waals surface area (Å²) in [5, 5.41) is 8.96. The van der Waals surface area contributed by atoms with Crippen molar-refractivity contribution in [1.82, 2.24) is 9.62 Å². The van der Waals surface area contributed by atoms with Crippen molar-refractivity contribution in [1.29, 1.82) is 0 Å². The molecule has 25 heavy (non-hydrogen) atoms. The summed E-state index contributed by atoms with van der Waals surface area (Å²) in [6.45, 7) is 1.65. The Balaban J connectivity index is 2.36. The van der Waals surface area contributed by atoms with Gasteiger partial charge < -0.3 is 14.7 Å². The summed E-state index contributed by atoms with van der Waals surface area (Å²) < 4.78 is 32.7. The quantitative estimate of drug-likeness (QED) is 0.672. The van der Waals surface area contributed by atoms with Crippen molar-refractivity contribution in [3.05, 3.63) is 23.8 Å². The molecular weight excluding hydrogens is 348 g/mol. The number of rotatable bonds is 9. The Kier molecular flexibility index (Phi) is 6.02. The van der Waals surface area contributed by atoms with Gasteiger partial charge in [0, 0.05) is 18.2 Å². The predicted octanol–water partition coefficient (Wildman–Crippen LogP) is 1.07. The second-order valence-corrected chi connectivity index (χ2v) is 7.56. The lowest BCUT2D eigenvalue weighted by Crippen LogP contribution is -2.36. The third kappa shape index (κ3) is 4.93. The van der Waals surface area contributed by atoms with Gasteiger partial charge in [-0.2, -0.15) is 0 Å². The summed E-state index contributed by atoms with van der Waals surface area (Å²) in [4.78, 5) is 24.6. The summed E-state index contributed by atoms with van der Waals surface area (Å²) >= 11 is 0. The topological polar surface area (TPSA) is 113 Å². The lowest BCUT2D eigenvalue weighted by atomic mass is 10.2. The van der Waals surface area contributed by atoms with E-state index in [0.29, 0.717) is 6.42 Å². The van der Waals surface area contributed by atoms with Crippen LogP contribution in [0.15, 0.2) is 23.1 Å². The van der Waals surface area contributed by atoms with Gasteiger partial charge >= 0.3 is 5.97 Å². The molecule has 0 saturated heterocycles. The molecule has 138 valence electrons. The minimum atomic E-state index is -3.82. The molecule has 0 heterocycles. The number of ether oxygens (including phenoxy) is 1. The van der Waals surface area contributed by atoms with E-state index in [1.165, 1.54) is 30.2 Å². The number of carbonyl (C=O) groups is 2. The van der Waals surface area contributed by atoms with Crippen molar-refractivity contribution in [3.63, 3.8) is 0 Å². The Morgan fingerprint density at radius 3 is 2.56 bits per heavy atom. The fourth-order valence-corrected chi connectivity index (χ4v) is 3.87. The van der Waals surface area contributed by atoms with E-state index in [-0.39, 0.29) is 28.8 Å². The molecule has 0 aliphatic heterocycles. The third-order valence-corrected chi connectivity index (χ3v) is 5.25. The maximum absolute atomic E-state index is 12.6. The maximum Gasteiger partial charge on any atom is 0.323 e. The summed E-state index contributed by atoms with van der Waals surface area (Å²) in [5.41, 5.74) is 0.103. The number of aliphatic carboxylic acids is 1. The molecule has 2 rings (SSSR count). The van der Waals surface area contributed by atoms with Crippen LogP contribution in [0.3, 0.4) is 0 Å². The Morgan fingerprint density at radius 2 is 2.04 bits per heavy atom. The van der Waals surface area contributed by atoms with E-state index in [9.17, 15) is 18.0 Å². The van der Waals surface area contributed by atoms with Crippen molar-refractivity contribution in [3.8, 4) is 5.75 Å². The van der Waals surface area contributed by atoms with Gasteiger partial charge in [-0.05, 0) is 37.5 Å². The summed E-state index contributed by atoms with van der Waals surface area (Å²) in [7, 11) is -2.47. The van der Waals surface area contributed by atoms with Crippen molar-refractivity contribution in [2.75, 3.05) is 20.2 Å². The van der Waals surface area contributed by atoms with Crippen LogP contribution in [0.25, 0.3) is 0 Å². The Hall–Kier alpha value is -2.13. The van der Waals surface area contributed by atoms with Gasteiger partial charge in [0.05, 0.1) is 7.11 Å². The minimum Gasteiger partial charge on any atom is -0.495 e. The van der Waals surface area contributed by atoms with E-state index in [1.54, 1.807) is 0 Å². The number of methoxy groups -OCH3 is 1. The molecule has 0 atom stereocenters. The summed E-state index contributed by atoms with van der Waals surface area (Å²) in [6, 6.07) is 3.98. The molecule has 0 aromatic heterocycles. The SMILES string of the molecule is CCCN(CC(=O)O)C(=O)c1ccc(OC)c(S(=O)(=O)NC2CC2)c1. The standard InChI is InChI=1S/C16H22N2O6S/c1-3-8-18(10-15(19)20)16(21)11-4-7-13(24-2)14(9-11)25(22,23)17-12-5-6-12/h4,7,9,12,17H,3,5-6,8,10H2,1-2H3,(H,19,20). The first-order chi connectivity index (χ1) is 11.8. The molecule has 2 N–H and O–H groups in total. The first kappa shape index (κ1) is 19.2. The van der Waals surface area contributed by atoms with Gasteiger partial charge in [0.15, 0.2) is 0 Å². The summed E-state index contributed by atoms with van der Waals surface area (Å²) in [6.07, 6.45) is 2.15. The number of carboxylic acids is 1. The van der Waals surface area contributed by atoms with Gasteiger partial charge in [0.2, 0.25) is 10.0 Å². The molecule has 0 radical (unpaired) electrons. The van der Waals surface area contributed by atoms with Crippen LogP contribution in [0.2, 0.25) is 0 Å². The molecule has 0 unspecified atom stereocenters. The highest BCUT2D eigenvalue weighted by molar-refractivity contribution is 7.89. The normalized spacial score (nSPS) is 14.2. The van der Waals surface area contributed by atoms with E-state index >= 15 is 0 Å². The van der Waals surface area contributed by atoms with Crippen LogP contribution in [0, 0.1) is 0 Å². The fourth-order valence-electron chi connectivity index (χ4n) is 2.37. The van der Waals surface area contributed by atoms with Crippen LogP contribution in [0.1, 0.15) is 36.5 Å². The Bertz CT molecular complexity index is 758. The van der Waals surface area contributed by atoms with Crippen LogP contribution in [0.4, 0.5) is 0 Å². The van der Waals surface area contributed by atoms with Gasteiger partial charge in [0.1, 0.15) is 17.2 Å². The van der Waals surface area contributed by atoms with E-state index in [2.05, 4.69) is 4.72 Å². The molecule has 1 aliphatic carbocycles. The third-order valence-electron chi connectivity index (χ3n) is 3.71. The van der Waals surface area contributed by atoms with Crippen molar-refractivity contribution in [2.45, 2.75) is 37.1 Å². The van der Waals surface area contributed by atoms with Crippen molar-refractivity contribution in [2.24, 2.45) is 0 Å². The number of hydrogen-bond donors (Lipinski definition) is 2. The molecule has 8 nitrogen and oxygen atoms in total. The molecule has 0 spiro atoms. The molecule has 1 aromatic rings. The second-order valence-electron chi connectivity index (χ2n) is 5.88. The fraction of sp³-hybridized carbons (Fsp3) is 0.500. The van der Waals surface area contributed by atoms with Crippen LogP contribution in [-0.4, -0.2) is 56.5 Å². The minimum absolute atomic E-state index is 0.0855. The molecule has 9 heteroatoms. The van der Waals surface area contributed by atoms with E-state index in [0.717, 1.165) is 12.8 Å². The molecule has 0 bridgehead atoms. The summed E-state index contributed by atoms with van der Waals surface area (Å²) in [5.74, 6) is -1.53. The molecule has 1 saturated carbocycles. The van der Waals surface area contributed by atoms with Crippen LogP contribution >= 0.6 is 0 Å². The van der Waals surface area contributed by atoms with Gasteiger partial charge in [-0.15, -0.1) is 0 Å². The smallest absolute Gasteiger partial charge is 0.323 e. The van der Waals surface area contributed by atoms with Crippen LogP contribution in [-0.2, 0) is 14.8 Å². The number of carboxylic acid groups (broad SMARTS) is 1. The Morgan fingerprint density at radius 1 is 1.36 bits per heavy atom. The first-order valence-corrected chi connectivity index (χ1v) is 9.48. The van der Waals surface area contributed by atoms with Gasteiger partial charge in [-0.25, -0.2) is 13.1 Å². The number of carbonyl (C=O) groups excluding carboxylic acids is 1. The average Bonchev–Trinajstić information content (AvgIpc) is 3.36. The van der Waals surface area contributed by atoms with Crippen LogP contribution in [0.5, 0.6) is 5.75 Å². The van der Waals surface area contributed by atoms with E-state index in [1.807, 2.05) is 6.92 Å². The molecular formula is C16H22N2O6S. The zero-order chi connectivity index (χ0) is 18.6. The average molecular weight is 370 g/mol. The highest BCUT2D eigenvalue weighted by Gasteiger charge is 2.30.